The van der Waals surface area contributed by atoms with E-state index >= 15 is 0 Å². The molecule has 0 aromatic carbocycles. The van der Waals surface area contributed by atoms with Crippen molar-refractivity contribution in [2.75, 3.05) is 13.2 Å². The standard InChI is InChI=1S/C69H116O6/c1-4-7-10-13-16-18-20-22-24-26-27-28-29-30-31-32-33-34-35-36-37-38-39-40-41-42-43-44-46-47-49-51-53-56-59-62-68(71)74-65-66(64-73-67(70)61-58-55-15-12-9-6-3)75-69(72)63-60-57-54-52-50-48-45-25-23-21-19-17-14-11-8-5-2/h7,10,16,18-19,21-22,24-25,27-28,30-31,33-34,36-37,45,66H,4-6,8-9,11-15,17,20,23,26,29,32,35,38-44,46-65H2,1-3H3/b10-7-,18-16-,21-19-,24-22-,28-27-,31-30-,34-33-,37-36-,45-25-. The first-order valence-electron chi connectivity index (χ1n) is 31.4. The van der Waals surface area contributed by atoms with Gasteiger partial charge in [-0.05, 0) is 109 Å². The molecule has 0 aromatic rings. The highest BCUT2D eigenvalue weighted by atomic mass is 16.6. The first-order valence-corrected chi connectivity index (χ1v) is 31.4. The molecule has 0 saturated carbocycles. The predicted molar refractivity (Wildman–Crippen MR) is 325 cm³/mol. The Labute approximate surface area is 463 Å². The van der Waals surface area contributed by atoms with Gasteiger partial charge in [0.05, 0.1) is 0 Å². The molecule has 6 heteroatoms. The fourth-order valence-electron chi connectivity index (χ4n) is 8.57. The maximum Gasteiger partial charge on any atom is 0.306 e. The largest absolute Gasteiger partial charge is 0.462 e. The van der Waals surface area contributed by atoms with Crippen molar-refractivity contribution in [3.05, 3.63) is 109 Å². The summed E-state index contributed by atoms with van der Waals surface area (Å²) in [4.78, 5) is 37.9. The van der Waals surface area contributed by atoms with Crippen LogP contribution in [0.1, 0.15) is 290 Å². The lowest BCUT2D eigenvalue weighted by Crippen LogP contribution is -2.30. The summed E-state index contributed by atoms with van der Waals surface area (Å²) in [5.41, 5.74) is 0. The smallest absolute Gasteiger partial charge is 0.306 e. The highest BCUT2D eigenvalue weighted by Gasteiger charge is 2.19. The Hall–Kier alpha value is -3.93. The molecule has 0 fully saturated rings. The molecule has 6 nitrogen and oxygen atoms in total. The van der Waals surface area contributed by atoms with E-state index in [4.69, 9.17) is 14.2 Å². The Balaban J connectivity index is 4.03. The van der Waals surface area contributed by atoms with Crippen LogP contribution in [0.4, 0.5) is 0 Å². The van der Waals surface area contributed by atoms with Gasteiger partial charge in [-0.3, -0.25) is 14.4 Å². The van der Waals surface area contributed by atoms with E-state index in [1.54, 1.807) is 0 Å². The van der Waals surface area contributed by atoms with E-state index in [2.05, 4.69) is 130 Å². The average Bonchev–Trinajstić information content (AvgIpc) is 3.41. The number of ether oxygens (including phenoxy) is 3. The van der Waals surface area contributed by atoms with E-state index in [1.165, 1.54) is 122 Å². The highest BCUT2D eigenvalue weighted by molar-refractivity contribution is 5.71. The van der Waals surface area contributed by atoms with E-state index in [1.807, 2.05) is 0 Å². The van der Waals surface area contributed by atoms with Gasteiger partial charge in [-0.1, -0.05) is 271 Å². The van der Waals surface area contributed by atoms with E-state index in [-0.39, 0.29) is 31.1 Å². The second kappa shape index (κ2) is 62.6. The third-order valence-corrected chi connectivity index (χ3v) is 13.3. The van der Waals surface area contributed by atoms with E-state index < -0.39 is 6.10 Å². The normalized spacial score (nSPS) is 12.8. The van der Waals surface area contributed by atoms with Crippen LogP contribution in [0, 0.1) is 0 Å². The summed E-state index contributed by atoms with van der Waals surface area (Å²) in [5.74, 6) is -0.903. The van der Waals surface area contributed by atoms with Crippen molar-refractivity contribution in [2.45, 2.75) is 297 Å². The van der Waals surface area contributed by atoms with Crippen LogP contribution in [0.3, 0.4) is 0 Å². The number of hydrogen-bond acceptors (Lipinski definition) is 6. The SMILES string of the molecule is CC/C=C\C/C=C\C/C=C\C/C=C\C/C=C\C/C=C\C/C=C\CCCCCCCCCCCCCCCC(=O)OCC(COC(=O)CCCCCCCC)OC(=O)CCCCCCC/C=C\C/C=C\CCCCCC. The number of rotatable bonds is 56. The van der Waals surface area contributed by atoms with Crippen molar-refractivity contribution in [3.63, 3.8) is 0 Å². The summed E-state index contributed by atoms with van der Waals surface area (Å²) in [6, 6.07) is 0. The molecule has 1 unspecified atom stereocenters. The van der Waals surface area contributed by atoms with Gasteiger partial charge in [0.25, 0.3) is 0 Å². The second-order valence-corrected chi connectivity index (χ2v) is 20.6. The number of esters is 3. The molecule has 0 aromatic heterocycles. The third kappa shape index (κ3) is 60.8. The molecule has 0 saturated heterocycles. The Kier molecular flexibility index (Phi) is 59.3. The van der Waals surface area contributed by atoms with Gasteiger partial charge >= 0.3 is 17.9 Å². The maximum atomic E-state index is 12.8. The summed E-state index contributed by atoms with van der Waals surface area (Å²) >= 11 is 0. The second-order valence-electron chi connectivity index (χ2n) is 20.6. The fraction of sp³-hybridized carbons (Fsp3) is 0.696. The number of carbonyl (C=O) groups is 3. The van der Waals surface area contributed by atoms with Crippen LogP contribution in [-0.4, -0.2) is 37.2 Å². The molecule has 0 rings (SSSR count). The molecule has 1 atom stereocenters. The number of unbranched alkanes of at least 4 members (excludes halogenated alkanes) is 27. The zero-order valence-corrected chi connectivity index (χ0v) is 49.0. The molecule has 428 valence electrons. The molecule has 0 amide bonds. The molecule has 0 aliphatic heterocycles. The lowest BCUT2D eigenvalue weighted by atomic mass is 10.0. The minimum atomic E-state index is -0.782. The Morgan fingerprint density at radius 1 is 0.280 bits per heavy atom. The predicted octanol–water partition coefficient (Wildman–Crippen LogP) is 21.4. The molecular formula is C69H116O6. The van der Waals surface area contributed by atoms with Crippen molar-refractivity contribution in [2.24, 2.45) is 0 Å². The fourth-order valence-corrected chi connectivity index (χ4v) is 8.57. The molecule has 0 aliphatic rings. The van der Waals surface area contributed by atoms with Crippen LogP contribution in [0.15, 0.2) is 109 Å². The van der Waals surface area contributed by atoms with E-state index in [9.17, 15) is 14.4 Å². The molecule has 0 N–H and O–H groups in total. The first-order chi connectivity index (χ1) is 37.0. The minimum Gasteiger partial charge on any atom is -0.462 e. The van der Waals surface area contributed by atoms with Crippen LogP contribution in [0.25, 0.3) is 0 Å². The highest BCUT2D eigenvalue weighted by Crippen LogP contribution is 2.16. The van der Waals surface area contributed by atoms with Crippen molar-refractivity contribution in [3.8, 4) is 0 Å². The lowest BCUT2D eigenvalue weighted by molar-refractivity contribution is -0.167. The number of carbonyl (C=O) groups excluding carboxylic acids is 3. The summed E-state index contributed by atoms with van der Waals surface area (Å²) in [5, 5.41) is 0. The summed E-state index contributed by atoms with van der Waals surface area (Å²) < 4.78 is 16.8. The Morgan fingerprint density at radius 2 is 0.520 bits per heavy atom. The van der Waals surface area contributed by atoms with Gasteiger partial charge in [-0.25, -0.2) is 0 Å². The van der Waals surface area contributed by atoms with Crippen LogP contribution in [-0.2, 0) is 28.6 Å². The van der Waals surface area contributed by atoms with Gasteiger partial charge in [0.2, 0.25) is 0 Å². The van der Waals surface area contributed by atoms with Crippen molar-refractivity contribution in [1.82, 2.24) is 0 Å². The van der Waals surface area contributed by atoms with E-state index in [0.717, 1.165) is 128 Å². The quantitative estimate of drug-likeness (QED) is 0.0261. The topological polar surface area (TPSA) is 78.9 Å². The van der Waals surface area contributed by atoms with Crippen LogP contribution in [0.2, 0.25) is 0 Å². The summed E-state index contributed by atoms with van der Waals surface area (Å²) in [6.45, 7) is 6.44. The van der Waals surface area contributed by atoms with Crippen LogP contribution < -0.4 is 0 Å². The van der Waals surface area contributed by atoms with Gasteiger partial charge in [-0.2, -0.15) is 0 Å². The van der Waals surface area contributed by atoms with Crippen molar-refractivity contribution in [1.29, 1.82) is 0 Å². The number of allylic oxidation sites excluding steroid dienone is 18. The summed E-state index contributed by atoms with van der Waals surface area (Å²) in [7, 11) is 0. The van der Waals surface area contributed by atoms with Gasteiger partial charge in [0.1, 0.15) is 13.2 Å². The molecular weight excluding hydrogens is 925 g/mol. The van der Waals surface area contributed by atoms with Crippen LogP contribution >= 0.6 is 0 Å². The monoisotopic (exact) mass is 1040 g/mol. The zero-order chi connectivity index (χ0) is 54.3. The molecule has 0 radical (unpaired) electrons. The molecule has 0 heterocycles. The van der Waals surface area contributed by atoms with Crippen molar-refractivity contribution >= 4 is 17.9 Å². The number of hydrogen-bond donors (Lipinski definition) is 0. The third-order valence-electron chi connectivity index (χ3n) is 13.3. The van der Waals surface area contributed by atoms with Gasteiger partial charge in [0, 0.05) is 19.3 Å². The Bertz CT molecular complexity index is 1520. The van der Waals surface area contributed by atoms with E-state index in [0.29, 0.717) is 19.3 Å². The molecule has 0 spiro atoms. The van der Waals surface area contributed by atoms with Gasteiger partial charge in [-0.15, -0.1) is 0 Å². The van der Waals surface area contributed by atoms with Gasteiger partial charge < -0.3 is 14.2 Å². The minimum absolute atomic E-state index is 0.0823. The maximum absolute atomic E-state index is 12.8. The zero-order valence-electron chi connectivity index (χ0n) is 49.0. The van der Waals surface area contributed by atoms with Crippen LogP contribution in [0.5, 0.6) is 0 Å². The summed E-state index contributed by atoms with van der Waals surface area (Å²) in [6.07, 6.45) is 85.6. The Morgan fingerprint density at radius 3 is 0.827 bits per heavy atom. The molecule has 0 aliphatic carbocycles. The molecule has 75 heavy (non-hydrogen) atoms. The molecule has 0 bridgehead atoms. The van der Waals surface area contributed by atoms with Crippen molar-refractivity contribution < 1.29 is 28.6 Å². The first kappa shape index (κ1) is 71.1. The lowest BCUT2D eigenvalue weighted by Gasteiger charge is -2.18. The average molecular weight is 1040 g/mol. The van der Waals surface area contributed by atoms with Gasteiger partial charge in [0.15, 0.2) is 6.10 Å².